The lowest BCUT2D eigenvalue weighted by Crippen LogP contribution is -2.12. The Morgan fingerprint density at radius 1 is 1.06 bits per heavy atom. The van der Waals surface area contributed by atoms with E-state index in [4.69, 9.17) is 4.74 Å². The zero-order valence-corrected chi connectivity index (χ0v) is 9.93. The molecule has 90 valence electrons. The van der Waals surface area contributed by atoms with Crippen molar-refractivity contribution in [3.8, 4) is 11.6 Å². The van der Waals surface area contributed by atoms with Gasteiger partial charge in [-0.2, -0.15) is 0 Å². The van der Waals surface area contributed by atoms with E-state index < -0.39 is 0 Å². The Bertz CT molecular complexity index is 578. The van der Waals surface area contributed by atoms with Gasteiger partial charge >= 0.3 is 0 Å². The molecular formula is C15H13NO2. The minimum atomic E-state index is 0.303. The van der Waals surface area contributed by atoms with Crippen LogP contribution in [0.3, 0.4) is 0 Å². The third kappa shape index (κ3) is 2.25. The third-order valence-corrected chi connectivity index (χ3v) is 3.10. The van der Waals surface area contributed by atoms with Gasteiger partial charge in [0.15, 0.2) is 0 Å². The Hall–Kier alpha value is -2.16. The molecule has 0 spiro atoms. The van der Waals surface area contributed by atoms with Crippen molar-refractivity contribution in [2.24, 2.45) is 0 Å². The van der Waals surface area contributed by atoms with Crippen LogP contribution in [0, 0.1) is 0 Å². The molecule has 0 aliphatic heterocycles. The number of aromatic nitrogens is 1. The predicted octanol–water partition coefficient (Wildman–Crippen LogP) is 2.93. The SMILES string of the molecule is O=C1CCc2ccc(Oc3ccccn3)cc2C1. The molecule has 18 heavy (non-hydrogen) atoms. The second kappa shape index (κ2) is 4.61. The normalized spacial score (nSPS) is 14.1. The van der Waals surface area contributed by atoms with Gasteiger partial charge in [0.1, 0.15) is 11.5 Å². The van der Waals surface area contributed by atoms with Crippen molar-refractivity contribution in [1.29, 1.82) is 0 Å². The maximum Gasteiger partial charge on any atom is 0.219 e. The van der Waals surface area contributed by atoms with E-state index in [9.17, 15) is 4.79 Å². The topological polar surface area (TPSA) is 39.2 Å². The molecule has 3 nitrogen and oxygen atoms in total. The van der Waals surface area contributed by atoms with Crippen molar-refractivity contribution in [2.75, 3.05) is 0 Å². The fourth-order valence-electron chi connectivity index (χ4n) is 2.18. The van der Waals surface area contributed by atoms with Gasteiger partial charge in [-0.05, 0) is 35.7 Å². The van der Waals surface area contributed by atoms with Crippen molar-refractivity contribution in [1.82, 2.24) is 4.98 Å². The standard InChI is InChI=1S/C15H13NO2/c17-13-6-4-11-5-7-14(10-12(11)9-13)18-15-3-1-2-8-16-15/h1-3,5,7-8,10H,4,6,9H2. The highest BCUT2D eigenvalue weighted by Gasteiger charge is 2.16. The van der Waals surface area contributed by atoms with Gasteiger partial charge in [-0.3, -0.25) is 4.79 Å². The lowest BCUT2D eigenvalue weighted by Gasteiger charge is -2.15. The first-order chi connectivity index (χ1) is 8.81. The molecule has 0 bridgehead atoms. The van der Waals surface area contributed by atoms with Crippen molar-refractivity contribution >= 4 is 5.78 Å². The smallest absolute Gasteiger partial charge is 0.219 e. The summed E-state index contributed by atoms with van der Waals surface area (Å²) in [5, 5.41) is 0. The molecule has 0 atom stereocenters. The van der Waals surface area contributed by atoms with E-state index in [0.717, 1.165) is 17.7 Å². The molecule has 1 aliphatic rings. The Balaban J connectivity index is 1.86. The monoisotopic (exact) mass is 239 g/mol. The predicted molar refractivity (Wildman–Crippen MR) is 67.8 cm³/mol. The average Bonchev–Trinajstić information content (AvgIpc) is 2.39. The Morgan fingerprint density at radius 2 is 2.00 bits per heavy atom. The van der Waals surface area contributed by atoms with Crippen molar-refractivity contribution in [2.45, 2.75) is 19.3 Å². The number of nitrogens with zero attached hydrogens (tertiary/aromatic N) is 1. The van der Waals surface area contributed by atoms with Gasteiger partial charge in [0.2, 0.25) is 5.88 Å². The van der Waals surface area contributed by atoms with Crippen LogP contribution in [0.25, 0.3) is 0 Å². The maximum atomic E-state index is 11.4. The molecule has 1 heterocycles. The first-order valence-electron chi connectivity index (χ1n) is 6.04. The van der Waals surface area contributed by atoms with Crippen LogP contribution in [0.5, 0.6) is 11.6 Å². The molecule has 0 N–H and O–H groups in total. The number of aryl methyl sites for hydroxylation is 1. The fraction of sp³-hybridized carbons (Fsp3) is 0.200. The van der Waals surface area contributed by atoms with Gasteiger partial charge in [0.25, 0.3) is 0 Å². The molecule has 0 saturated heterocycles. The van der Waals surface area contributed by atoms with Crippen LogP contribution in [-0.4, -0.2) is 10.8 Å². The molecule has 3 rings (SSSR count). The summed E-state index contributed by atoms with van der Waals surface area (Å²) in [4.78, 5) is 15.6. The van der Waals surface area contributed by atoms with E-state index in [0.29, 0.717) is 24.5 Å². The third-order valence-electron chi connectivity index (χ3n) is 3.10. The molecular weight excluding hydrogens is 226 g/mol. The van der Waals surface area contributed by atoms with Crippen molar-refractivity contribution in [3.63, 3.8) is 0 Å². The molecule has 1 aliphatic carbocycles. The van der Waals surface area contributed by atoms with Crippen molar-refractivity contribution in [3.05, 3.63) is 53.7 Å². The van der Waals surface area contributed by atoms with Crippen LogP contribution in [0.2, 0.25) is 0 Å². The summed E-state index contributed by atoms with van der Waals surface area (Å²) < 4.78 is 5.66. The Morgan fingerprint density at radius 3 is 2.83 bits per heavy atom. The second-order valence-electron chi connectivity index (χ2n) is 4.42. The average molecular weight is 239 g/mol. The van der Waals surface area contributed by atoms with Crippen LogP contribution in [0.4, 0.5) is 0 Å². The summed E-state index contributed by atoms with van der Waals surface area (Å²) in [6, 6.07) is 11.5. The lowest BCUT2D eigenvalue weighted by atomic mass is 9.91. The molecule has 2 aromatic rings. The highest BCUT2D eigenvalue weighted by atomic mass is 16.5. The van der Waals surface area contributed by atoms with Crippen LogP contribution in [-0.2, 0) is 17.6 Å². The molecule has 0 fully saturated rings. The largest absolute Gasteiger partial charge is 0.439 e. The minimum absolute atomic E-state index is 0.303. The summed E-state index contributed by atoms with van der Waals surface area (Å²) in [6.07, 6.45) is 3.72. The molecule has 0 saturated carbocycles. The van der Waals surface area contributed by atoms with Gasteiger partial charge < -0.3 is 4.74 Å². The highest BCUT2D eigenvalue weighted by molar-refractivity contribution is 5.83. The number of carbonyl (C=O) groups excluding carboxylic acids is 1. The van der Waals surface area contributed by atoms with Crippen LogP contribution < -0.4 is 4.74 Å². The zero-order valence-electron chi connectivity index (χ0n) is 9.93. The van der Waals surface area contributed by atoms with Crippen LogP contribution in [0.1, 0.15) is 17.5 Å². The van der Waals surface area contributed by atoms with Crippen molar-refractivity contribution < 1.29 is 9.53 Å². The second-order valence-corrected chi connectivity index (χ2v) is 4.42. The van der Waals surface area contributed by atoms with E-state index in [1.165, 1.54) is 5.56 Å². The fourth-order valence-corrected chi connectivity index (χ4v) is 2.18. The zero-order chi connectivity index (χ0) is 12.4. The minimum Gasteiger partial charge on any atom is -0.439 e. The molecule has 1 aromatic carbocycles. The van der Waals surface area contributed by atoms with Gasteiger partial charge in [-0.25, -0.2) is 4.98 Å². The molecule has 0 amide bonds. The molecule has 0 radical (unpaired) electrons. The van der Waals surface area contributed by atoms with E-state index in [-0.39, 0.29) is 0 Å². The Labute approximate surface area is 105 Å². The van der Waals surface area contributed by atoms with E-state index in [1.807, 2.05) is 36.4 Å². The summed E-state index contributed by atoms with van der Waals surface area (Å²) >= 11 is 0. The molecule has 1 aromatic heterocycles. The number of Topliss-reactive ketones (excluding diaryl/α,β-unsaturated/α-hetero) is 1. The summed E-state index contributed by atoms with van der Waals surface area (Å²) in [5.74, 6) is 1.61. The molecule has 0 unspecified atom stereocenters. The lowest BCUT2D eigenvalue weighted by molar-refractivity contribution is -0.118. The summed E-state index contributed by atoms with van der Waals surface area (Å²) in [7, 11) is 0. The number of benzene rings is 1. The van der Waals surface area contributed by atoms with E-state index in [1.54, 1.807) is 6.20 Å². The van der Waals surface area contributed by atoms with E-state index in [2.05, 4.69) is 4.98 Å². The van der Waals surface area contributed by atoms with Crippen LogP contribution >= 0.6 is 0 Å². The van der Waals surface area contributed by atoms with Crippen LogP contribution in [0.15, 0.2) is 42.6 Å². The maximum absolute atomic E-state index is 11.4. The van der Waals surface area contributed by atoms with E-state index >= 15 is 0 Å². The molecule has 3 heteroatoms. The first-order valence-corrected chi connectivity index (χ1v) is 6.04. The number of hydrogen-bond acceptors (Lipinski definition) is 3. The number of pyridine rings is 1. The number of hydrogen-bond donors (Lipinski definition) is 0. The highest BCUT2D eigenvalue weighted by Crippen LogP contribution is 2.26. The summed E-state index contributed by atoms with van der Waals surface area (Å²) in [6.45, 7) is 0. The van der Waals surface area contributed by atoms with Gasteiger partial charge in [0, 0.05) is 25.1 Å². The number of ketones is 1. The van der Waals surface area contributed by atoms with Gasteiger partial charge in [0.05, 0.1) is 0 Å². The number of fused-ring (bicyclic) bond motifs is 1. The van der Waals surface area contributed by atoms with Gasteiger partial charge in [-0.1, -0.05) is 12.1 Å². The first kappa shape index (κ1) is 11.0. The Kier molecular flexibility index (Phi) is 2.81. The van der Waals surface area contributed by atoms with Gasteiger partial charge in [-0.15, -0.1) is 0 Å². The quantitative estimate of drug-likeness (QED) is 0.808. The number of rotatable bonds is 2. The number of carbonyl (C=O) groups is 1. The number of ether oxygens (including phenoxy) is 1. The summed E-state index contributed by atoms with van der Waals surface area (Å²) in [5.41, 5.74) is 2.34.